The number of rotatable bonds is 4. The maximum atomic E-state index is 5.23. The quantitative estimate of drug-likeness (QED) is 0.633. The van der Waals surface area contributed by atoms with Crippen LogP contribution in [0.5, 0.6) is 0 Å². The lowest BCUT2D eigenvalue weighted by atomic mass is 9.95. The summed E-state index contributed by atoms with van der Waals surface area (Å²) in [6.07, 6.45) is 1.97. The largest absolute Gasteiger partial charge is 0.359 e. The highest BCUT2D eigenvalue weighted by Gasteiger charge is 2.23. The summed E-state index contributed by atoms with van der Waals surface area (Å²) < 4.78 is 0. The van der Waals surface area contributed by atoms with E-state index in [-0.39, 0.29) is 6.04 Å². The van der Waals surface area contributed by atoms with E-state index in [9.17, 15) is 0 Å². The van der Waals surface area contributed by atoms with Gasteiger partial charge in [-0.2, -0.15) is 0 Å². The van der Waals surface area contributed by atoms with E-state index in [1.807, 2.05) is 0 Å². The first-order valence-electron chi connectivity index (χ1n) is 9.26. The highest BCUT2D eigenvalue weighted by Crippen LogP contribution is 2.32. The van der Waals surface area contributed by atoms with Gasteiger partial charge in [0, 0.05) is 20.0 Å². The van der Waals surface area contributed by atoms with Crippen molar-refractivity contribution < 1.29 is 0 Å². The van der Waals surface area contributed by atoms with Gasteiger partial charge < -0.3 is 4.90 Å². The molecule has 3 aromatic rings. The molecule has 0 aromatic heterocycles. The third kappa shape index (κ3) is 3.55. The molecule has 0 amide bonds. The molecule has 1 heterocycles. The molecule has 0 saturated heterocycles. The minimum atomic E-state index is 0.0723. The number of hydrogen-bond donors (Lipinski definition) is 0. The Morgan fingerprint density at radius 3 is 2.23 bits per heavy atom. The zero-order valence-corrected chi connectivity index (χ0v) is 15.2. The molecule has 130 valence electrons. The lowest BCUT2D eigenvalue weighted by Crippen LogP contribution is -2.26. The van der Waals surface area contributed by atoms with Crippen LogP contribution in [0.2, 0.25) is 0 Å². The Morgan fingerprint density at radius 2 is 1.46 bits per heavy atom. The Morgan fingerprint density at radius 1 is 0.808 bits per heavy atom. The molecule has 4 rings (SSSR count). The van der Waals surface area contributed by atoms with Crippen LogP contribution in [0.4, 0.5) is 0 Å². The molecule has 0 fully saturated rings. The predicted molar refractivity (Wildman–Crippen MR) is 108 cm³/mol. The summed E-state index contributed by atoms with van der Waals surface area (Å²) >= 11 is 0. The van der Waals surface area contributed by atoms with Crippen LogP contribution >= 0.6 is 0 Å². The smallest absolute Gasteiger partial charge is 0.102 e. The molecule has 3 aromatic carbocycles. The molecule has 2 nitrogen and oxygen atoms in total. The Balaban J connectivity index is 1.69. The average Bonchev–Trinajstić information content (AvgIpc) is 2.84. The fraction of sp³-hybridized carbons (Fsp3) is 0.208. The van der Waals surface area contributed by atoms with E-state index in [1.54, 1.807) is 0 Å². The molecule has 1 aliphatic heterocycles. The average molecular weight is 340 g/mol. The van der Waals surface area contributed by atoms with E-state index in [4.69, 9.17) is 4.99 Å². The molecule has 1 atom stereocenters. The van der Waals surface area contributed by atoms with Crippen molar-refractivity contribution in [1.29, 1.82) is 0 Å². The summed E-state index contributed by atoms with van der Waals surface area (Å²) in [5.41, 5.74) is 5.30. The second kappa shape index (κ2) is 7.57. The summed E-state index contributed by atoms with van der Waals surface area (Å²) in [6.45, 7) is 0.910. The van der Waals surface area contributed by atoms with E-state index in [0.717, 1.165) is 19.4 Å². The number of aryl methyl sites for hydroxylation is 1. The second-order valence-corrected chi connectivity index (χ2v) is 6.90. The van der Waals surface area contributed by atoms with Gasteiger partial charge >= 0.3 is 0 Å². The summed E-state index contributed by atoms with van der Waals surface area (Å²) in [4.78, 5) is 7.54. The molecule has 0 spiro atoms. The Labute approximate surface area is 155 Å². The minimum Gasteiger partial charge on any atom is -0.359 e. The fourth-order valence-electron chi connectivity index (χ4n) is 3.65. The van der Waals surface area contributed by atoms with E-state index in [0.29, 0.717) is 0 Å². The lowest BCUT2D eigenvalue weighted by molar-refractivity contribution is 0.490. The van der Waals surface area contributed by atoms with Crippen molar-refractivity contribution in [2.45, 2.75) is 25.4 Å². The number of fused-ring (bicyclic) bond motifs is 1. The zero-order valence-electron chi connectivity index (χ0n) is 15.2. The number of amidine groups is 1. The Bertz CT molecular complexity index is 884. The molecule has 0 radical (unpaired) electrons. The van der Waals surface area contributed by atoms with Gasteiger partial charge in [-0.25, -0.2) is 0 Å². The first-order chi connectivity index (χ1) is 12.8. The van der Waals surface area contributed by atoms with Crippen LogP contribution in [0.25, 0.3) is 0 Å². The molecular weight excluding hydrogens is 316 g/mol. The third-order valence-corrected chi connectivity index (χ3v) is 5.07. The second-order valence-electron chi connectivity index (χ2n) is 6.90. The van der Waals surface area contributed by atoms with Crippen LogP contribution in [-0.2, 0) is 13.0 Å². The summed E-state index contributed by atoms with van der Waals surface area (Å²) in [5.74, 6) is 1.18. The van der Waals surface area contributed by atoms with Gasteiger partial charge in [-0.3, -0.25) is 4.99 Å². The van der Waals surface area contributed by atoms with Crippen LogP contribution in [-0.4, -0.2) is 17.8 Å². The maximum absolute atomic E-state index is 5.23. The van der Waals surface area contributed by atoms with Crippen LogP contribution in [0.1, 0.15) is 34.7 Å². The normalized spacial score (nSPS) is 16.6. The SMILES string of the molecule is CN1Cc2ccccc2[C@H](c2ccccc2)N=C1CCc1ccccc1. The van der Waals surface area contributed by atoms with E-state index >= 15 is 0 Å². The van der Waals surface area contributed by atoms with Gasteiger partial charge in [0.15, 0.2) is 0 Å². The summed E-state index contributed by atoms with van der Waals surface area (Å²) in [6, 6.07) is 30.1. The number of nitrogens with zero attached hydrogens (tertiary/aromatic N) is 2. The Kier molecular flexibility index (Phi) is 4.83. The first kappa shape index (κ1) is 16.6. The number of aliphatic imine (C=N–C) groups is 1. The molecule has 0 saturated carbocycles. The van der Waals surface area contributed by atoms with Gasteiger partial charge in [-0.15, -0.1) is 0 Å². The monoisotopic (exact) mass is 340 g/mol. The van der Waals surface area contributed by atoms with Gasteiger partial charge in [0.05, 0.1) is 0 Å². The molecule has 0 bridgehead atoms. The van der Waals surface area contributed by atoms with Crippen molar-refractivity contribution in [3.05, 3.63) is 107 Å². The zero-order chi connectivity index (χ0) is 17.8. The molecule has 0 N–H and O–H groups in total. The highest BCUT2D eigenvalue weighted by molar-refractivity contribution is 5.83. The minimum absolute atomic E-state index is 0.0723. The number of hydrogen-bond acceptors (Lipinski definition) is 2. The third-order valence-electron chi connectivity index (χ3n) is 5.07. The number of benzene rings is 3. The van der Waals surface area contributed by atoms with Gasteiger partial charge in [0.25, 0.3) is 0 Å². The molecule has 1 aliphatic rings. The van der Waals surface area contributed by atoms with Crippen LogP contribution in [0.15, 0.2) is 89.9 Å². The molecule has 2 heteroatoms. The van der Waals surface area contributed by atoms with Gasteiger partial charge in [-0.05, 0) is 28.7 Å². The topological polar surface area (TPSA) is 15.6 Å². The summed E-state index contributed by atoms with van der Waals surface area (Å²) in [5, 5.41) is 0. The van der Waals surface area contributed by atoms with E-state index in [2.05, 4.69) is 96.9 Å². The van der Waals surface area contributed by atoms with E-state index < -0.39 is 0 Å². The van der Waals surface area contributed by atoms with Crippen molar-refractivity contribution in [2.24, 2.45) is 4.99 Å². The van der Waals surface area contributed by atoms with Crippen LogP contribution in [0.3, 0.4) is 0 Å². The fourth-order valence-corrected chi connectivity index (χ4v) is 3.65. The summed E-state index contributed by atoms with van der Waals surface area (Å²) in [7, 11) is 2.16. The Hall–Kier alpha value is -2.87. The van der Waals surface area contributed by atoms with Crippen molar-refractivity contribution in [3.8, 4) is 0 Å². The predicted octanol–water partition coefficient (Wildman–Crippen LogP) is 5.25. The van der Waals surface area contributed by atoms with Gasteiger partial charge in [0.2, 0.25) is 0 Å². The molecular formula is C24H24N2. The standard InChI is InChI=1S/C24H24N2/c1-26-18-21-14-8-9-15-22(21)24(20-12-6-3-7-13-20)25-23(26)17-16-19-10-4-2-5-11-19/h2-15,24H,16-18H2,1H3/t24-/m0/s1. The maximum Gasteiger partial charge on any atom is 0.102 e. The van der Waals surface area contributed by atoms with Gasteiger partial charge in [0.1, 0.15) is 11.9 Å². The molecule has 26 heavy (non-hydrogen) atoms. The van der Waals surface area contributed by atoms with E-state index in [1.165, 1.54) is 28.1 Å². The highest BCUT2D eigenvalue weighted by atomic mass is 15.2. The first-order valence-corrected chi connectivity index (χ1v) is 9.26. The van der Waals surface area contributed by atoms with Crippen molar-refractivity contribution in [2.75, 3.05) is 7.05 Å². The van der Waals surface area contributed by atoms with Crippen LogP contribution < -0.4 is 0 Å². The van der Waals surface area contributed by atoms with Crippen molar-refractivity contribution in [3.63, 3.8) is 0 Å². The van der Waals surface area contributed by atoms with Gasteiger partial charge in [-0.1, -0.05) is 84.9 Å². The van der Waals surface area contributed by atoms with Crippen LogP contribution in [0, 0.1) is 0 Å². The van der Waals surface area contributed by atoms with Crippen molar-refractivity contribution >= 4 is 5.84 Å². The molecule has 0 aliphatic carbocycles. The molecule has 0 unspecified atom stereocenters. The van der Waals surface area contributed by atoms with Crippen molar-refractivity contribution in [1.82, 2.24) is 4.90 Å². The lowest BCUT2D eigenvalue weighted by Gasteiger charge is -2.20.